The van der Waals surface area contributed by atoms with Crippen LogP contribution in [0.15, 0.2) is 48.3 Å². The zero-order chi connectivity index (χ0) is 10.3. The summed E-state index contributed by atoms with van der Waals surface area (Å²) in [5.74, 6) is 0.364. The minimum atomic E-state index is 0.364. The smallest absolute Gasteiger partial charge is 0.123 e. The molecule has 1 aromatic rings. The van der Waals surface area contributed by atoms with Crippen LogP contribution in [-0.4, -0.2) is 10.0 Å². The molecular formula is C13H11NO. The molecule has 2 heterocycles. The molecule has 2 aliphatic rings. The lowest BCUT2D eigenvalue weighted by molar-refractivity contribution is 0.449. The summed E-state index contributed by atoms with van der Waals surface area (Å²) in [5, 5.41) is 9.74. The molecule has 0 atom stereocenters. The van der Waals surface area contributed by atoms with Gasteiger partial charge in [0.2, 0.25) is 0 Å². The number of allylic oxidation sites excluding steroid dienone is 3. The van der Waals surface area contributed by atoms with Gasteiger partial charge in [-0.05, 0) is 29.9 Å². The van der Waals surface area contributed by atoms with Crippen LogP contribution in [0.2, 0.25) is 0 Å². The third kappa shape index (κ3) is 1.26. The largest absolute Gasteiger partial charge is 0.507 e. The lowest BCUT2D eigenvalue weighted by atomic mass is 9.99. The molecule has 0 aromatic heterocycles. The Morgan fingerprint density at radius 1 is 1.20 bits per heavy atom. The number of phenolic OH excluding ortho intramolecular Hbond substituents is 1. The maximum Gasteiger partial charge on any atom is 0.123 e. The van der Waals surface area contributed by atoms with E-state index in [1.807, 2.05) is 24.3 Å². The molecule has 0 aliphatic carbocycles. The van der Waals surface area contributed by atoms with Gasteiger partial charge >= 0.3 is 0 Å². The number of fused-ring (bicyclic) bond motifs is 2. The van der Waals surface area contributed by atoms with E-state index in [2.05, 4.69) is 23.2 Å². The second kappa shape index (κ2) is 3.02. The van der Waals surface area contributed by atoms with Crippen LogP contribution in [-0.2, 0) is 6.54 Å². The second-order valence-corrected chi connectivity index (χ2v) is 3.75. The molecule has 0 saturated heterocycles. The van der Waals surface area contributed by atoms with E-state index < -0.39 is 0 Å². The molecule has 74 valence electrons. The van der Waals surface area contributed by atoms with Crippen molar-refractivity contribution in [1.29, 1.82) is 0 Å². The first-order valence-corrected chi connectivity index (χ1v) is 4.99. The highest BCUT2D eigenvalue weighted by Crippen LogP contribution is 2.32. The maximum absolute atomic E-state index is 9.74. The van der Waals surface area contributed by atoms with Crippen molar-refractivity contribution >= 4 is 6.08 Å². The molecule has 0 saturated carbocycles. The van der Waals surface area contributed by atoms with Crippen LogP contribution >= 0.6 is 0 Å². The van der Waals surface area contributed by atoms with Crippen molar-refractivity contribution in [2.75, 3.05) is 0 Å². The zero-order valence-electron chi connectivity index (χ0n) is 8.22. The normalized spacial score (nSPS) is 17.1. The molecule has 0 unspecified atom stereocenters. The number of phenols is 1. The van der Waals surface area contributed by atoms with E-state index in [9.17, 15) is 5.11 Å². The van der Waals surface area contributed by atoms with Gasteiger partial charge in [0.15, 0.2) is 0 Å². The third-order valence-electron chi connectivity index (χ3n) is 2.78. The van der Waals surface area contributed by atoms with Crippen LogP contribution in [0.1, 0.15) is 11.1 Å². The Balaban J connectivity index is 2.17. The monoisotopic (exact) mass is 197 g/mol. The van der Waals surface area contributed by atoms with E-state index in [4.69, 9.17) is 0 Å². The Labute approximate surface area is 88.5 Å². The first-order valence-electron chi connectivity index (χ1n) is 4.99. The molecule has 0 fully saturated rings. The fraction of sp³-hybridized carbons (Fsp3) is 0.0769. The van der Waals surface area contributed by atoms with Crippen LogP contribution < -0.4 is 0 Å². The maximum atomic E-state index is 9.74. The summed E-state index contributed by atoms with van der Waals surface area (Å²) in [6, 6.07) is 5.67. The van der Waals surface area contributed by atoms with Crippen molar-refractivity contribution in [2.24, 2.45) is 0 Å². The van der Waals surface area contributed by atoms with E-state index in [-0.39, 0.29) is 0 Å². The summed E-state index contributed by atoms with van der Waals surface area (Å²) >= 11 is 0. The first kappa shape index (κ1) is 8.36. The molecule has 1 aromatic carbocycles. The molecule has 2 heteroatoms. The molecule has 0 bridgehead atoms. The Kier molecular flexibility index (Phi) is 1.68. The molecular weight excluding hydrogens is 186 g/mol. The van der Waals surface area contributed by atoms with Gasteiger partial charge in [0.25, 0.3) is 0 Å². The van der Waals surface area contributed by atoms with Gasteiger partial charge in [-0.25, -0.2) is 0 Å². The molecule has 2 nitrogen and oxygen atoms in total. The average molecular weight is 197 g/mol. The van der Waals surface area contributed by atoms with Crippen LogP contribution in [0.4, 0.5) is 0 Å². The molecule has 1 N–H and O–H groups in total. The highest BCUT2D eigenvalue weighted by molar-refractivity contribution is 5.67. The van der Waals surface area contributed by atoms with E-state index in [1.54, 1.807) is 6.07 Å². The van der Waals surface area contributed by atoms with Gasteiger partial charge in [-0.2, -0.15) is 0 Å². The molecule has 3 rings (SSSR count). The average Bonchev–Trinajstić information content (AvgIpc) is 2.27. The standard InChI is InChI=1S/C13H11NO/c15-13-6-3-4-10-9-14-7-2-1-5-11(14)8-12(10)13/h1-8,15H,9H2. The third-order valence-corrected chi connectivity index (χ3v) is 2.78. The lowest BCUT2D eigenvalue weighted by Crippen LogP contribution is -2.20. The van der Waals surface area contributed by atoms with Gasteiger partial charge in [-0.1, -0.05) is 18.2 Å². The first-order chi connectivity index (χ1) is 7.34. The Morgan fingerprint density at radius 3 is 3.07 bits per heavy atom. The summed E-state index contributed by atoms with van der Waals surface area (Å²) in [4.78, 5) is 2.17. The number of rotatable bonds is 0. The summed E-state index contributed by atoms with van der Waals surface area (Å²) in [6.45, 7) is 0.830. The predicted octanol–water partition coefficient (Wildman–Crippen LogP) is 2.63. The highest BCUT2D eigenvalue weighted by Gasteiger charge is 2.17. The summed E-state index contributed by atoms with van der Waals surface area (Å²) in [5.41, 5.74) is 3.24. The van der Waals surface area contributed by atoms with E-state index in [0.717, 1.165) is 17.8 Å². The minimum Gasteiger partial charge on any atom is -0.507 e. The van der Waals surface area contributed by atoms with Crippen molar-refractivity contribution in [1.82, 2.24) is 4.90 Å². The quantitative estimate of drug-likeness (QED) is 0.691. The molecule has 0 radical (unpaired) electrons. The fourth-order valence-electron chi connectivity index (χ4n) is 2.00. The topological polar surface area (TPSA) is 23.5 Å². The van der Waals surface area contributed by atoms with Crippen molar-refractivity contribution < 1.29 is 5.11 Å². The van der Waals surface area contributed by atoms with Gasteiger partial charge in [0.1, 0.15) is 5.75 Å². The van der Waals surface area contributed by atoms with Gasteiger partial charge in [0, 0.05) is 24.0 Å². The van der Waals surface area contributed by atoms with Crippen molar-refractivity contribution in [3.8, 4) is 5.75 Å². The highest BCUT2D eigenvalue weighted by atomic mass is 16.3. The SMILES string of the molecule is Oc1cccc2c1C=C1C=CC=CN1C2. The van der Waals surface area contributed by atoms with Crippen LogP contribution in [0.3, 0.4) is 0 Å². The van der Waals surface area contributed by atoms with Gasteiger partial charge in [-0.3, -0.25) is 0 Å². The number of benzene rings is 1. The molecule has 2 aliphatic heterocycles. The predicted molar refractivity (Wildman–Crippen MR) is 59.9 cm³/mol. The Morgan fingerprint density at radius 2 is 2.13 bits per heavy atom. The molecule has 0 spiro atoms. The number of hydrogen-bond donors (Lipinski definition) is 1. The Hall–Kier alpha value is -1.96. The second-order valence-electron chi connectivity index (χ2n) is 3.75. The number of aromatic hydroxyl groups is 1. The van der Waals surface area contributed by atoms with E-state index in [1.165, 1.54) is 5.56 Å². The number of nitrogens with zero attached hydrogens (tertiary/aromatic N) is 1. The number of hydrogen-bond acceptors (Lipinski definition) is 2. The fourth-order valence-corrected chi connectivity index (χ4v) is 2.00. The lowest BCUT2D eigenvalue weighted by Gasteiger charge is -2.29. The zero-order valence-corrected chi connectivity index (χ0v) is 8.22. The van der Waals surface area contributed by atoms with Crippen molar-refractivity contribution in [3.63, 3.8) is 0 Å². The Bertz CT molecular complexity index is 497. The van der Waals surface area contributed by atoms with Gasteiger partial charge in [-0.15, -0.1) is 0 Å². The van der Waals surface area contributed by atoms with Crippen LogP contribution in [0.5, 0.6) is 5.75 Å². The van der Waals surface area contributed by atoms with Gasteiger partial charge in [0.05, 0.1) is 0 Å². The molecule has 15 heavy (non-hydrogen) atoms. The van der Waals surface area contributed by atoms with Crippen LogP contribution in [0.25, 0.3) is 6.08 Å². The van der Waals surface area contributed by atoms with E-state index in [0.29, 0.717) is 5.75 Å². The van der Waals surface area contributed by atoms with Crippen molar-refractivity contribution in [3.05, 3.63) is 59.5 Å². The van der Waals surface area contributed by atoms with E-state index >= 15 is 0 Å². The van der Waals surface area contributed by atoms with Crippen molar-refractivity contribution in [2.45, 2.75) is 6.54 Å². The molecule has 0 amide bonds. The van der Waals surface area contributed by atoms with Crippen LogP contribution in [0, 0.1) is 0 Å². The minimum absolute atomic E-state index is 0.364. The van der Waals surface area contributed by atoms with Gasteiger partial charge < -0.3 is 10.0 Å². The summed E-state index contributed by atoms with van der Waals surface area (Å²) in [6.07, 6.45) is 10.2. The summed E-state index contributed by atoms with van der Waals surface area (Å²) in [7, 11) is 0. The summed E-state index contributed by atoms with van der Waals surface area (Å²) < 4.78 is 0.